The minimum Gasteiger partial charge on any atom is -0.444 e. The molecule has 0 fully saturated rings. The van der Waals surface area contributed by atoms with Crippen molar-refractivity contribution < 1.29 is 9.53 Å². The number of nitrogens with one attached hydrogen (secondary N) is 1. The van der Waals surface area contributed by atoms with Crippen molar-refractivity contribution in [3.63, 3.8) is 0 Å². The van der Waals surface area contributed by atoms with E-state index in [0.717, 1.165) is 17.0 Å². The highest BCUT2D eigenvalue weighted by Gasteiger charge is 2.17. The molecule has 0 spiro atoms. The predicted octanol–water partition coefficient (Wildman–Crippen LogP) is 3.82. The summed E-state index contributed by atoms with van der Waals surface area (Å²) in [5.74, 6) is 0. The molecule has 0 saturated heterocycles. The first-order chi connectivity index (χ1) is 7.42. The van der Waals surface area contributed by atoms with Gasteiger partial charge in [-0.25, -0.2) is 4.79 Å². The lowest BCUT2D eigenvalue weighted by atomic mass is 10.2. The monoisotopic (exact) mass is 239 g/mol. The smallest absolute Gasteiger partial charge is 0.412 e. The number of hydrogen-bond acceptors (Lipinski definition) is 3. The van der Waals surface area contributed by atoms with Crippen molar-refractivity contribution >= 4 is 23.1 Å². The molecule has 0 aliphatic rings. The van der Waals surface area contributed by atoms with Crippen LogP contribution < -0.4 is 5.32 Å². The van der Waals surface area contributed by atoms with E-state index < -0.39 is 11.7 Å². The number of allylic oxidation sites excluding steroid dienone is 1. The zero-order chi connectivity index (χ0) is 12.2. The van der Waals surface area contributed by atoms with Gasteiger partial charge in [-0.1, -0.05) is 6.08 Å². The Bertz CT molecular complexity index is 377. The van der Waals surface area contributed by atoms with Gasteiger partial charge in [-0.3, -0.25) is 5.32 Å². The van der Waals surface area contributed by atoms with E-state index in [9.17, 15) is 4.79 Å². The lowest BCUT2D eigenvalue weighted by molar-refractivity contribution is 0.0636. The molecule has 1 rings (SSSR count). The van der Waals surface area contributed by atoms with Crippen LogP contribution in [0.2, 0.25) is 0 Å². The molecule has 0 aliphatic heterocycles. The van der Waals surface area contributed by atoms with Crippen LogP contribution in [0.5, 0.6) is 0 Å². The molecule has 1 amide bonds. The van der Waals surface area contributed by atoms with E-state index in [1.807, 2.05) is 38.3 Å². The van der Waals surface area contributed by atoms with Gasteiger partial charge in [0, 0.05) is 11.3 Å². The van der Waals surface area contributed by atoms with Crippen molar-refractivity contribution in [3.8, 4) is 0 Å². The summed E-state index contributed by atoms with van der Waals surface area (Å²) in [6.07, 6.45) is 2.14. The van der Waals surface area contributed by atoms with Gasteiger partial charge in [0.25, 0.3) is 0 Å². The Labute approximate surface area is 100 Å². The van der Waals surface area contributed by atoms with Gasteiger partial charge in [0.1, 0.15) is 5.60 Å². The highest BCUT2D eigenvalue weighted by atomic mass is 32.1. The van der Waals surface area contributed by atoms with Crippen LogP contribution in [0.4, 0.5) is 10.5 Å². The average Bonchev–Trinajstić information content (AvgIpc) is 2.50. The molecule has 1 aromatic heterocycles. The fourth-order valence-electron chi connectivity index (χ4n) is 1.15. The second-order valence-corrected chi connectivity index (χ2v) is 5.38. The van der Waals surface area contributed by atoms with Crippen LogP contribution in [-0.2, 0) is 11.2 Å². The summed E-state index contributed by atoms with van der Waals surface area (Å²) in [6, 6.07) is 1.87. The molecule has 3 nitrogen and oxygen atoms in total. The topological polar surface area (TPSA) is 38.3 Å². The van der Waals surface area contributed by atoms with E-state index in [1.54, 1.807) is 11.3 Å². The zero-order valence-corrected chi connectivity index (χ0v) is 10.7. The molecule has 0 radical (unpaired) electrons. The molecular formula is C12H17NO2S. The standard InChI is InChI=1S/C12H17NO2S/c1-5-6-10-9(7-8-16-10)13-11(14)15-12(2,3)4/h5,7-8H,1,6H2,2-4H3,(H,13,14). The number of carbonyl (C=O) groups is 1. The molecule has 1 N–H and O–H groups in total. The SMILES string of the molecule is C=CCc1sccc1NC(=O)OC(C)(C)C. The summed E-state index contributed by atoms with van der Waals surface area (Å²) in [5.41, 5.74) is 0.331. The maximum Gasteiger partial charge on any atom is 0.412 e. The van der Waals surface area contributed by atoms with E-state index in [0.29, 0.717) is 0 Å². The second-order valence-electron chi connectivity index (χ2n) is 4.38. The lowest BCUT2D eigenvalue weighted by Gasteiger charge is -2.19. The lowest BCUT2D eigenvalue weighted by Crippen LogP contribution is -2.27. The van der Waals surface area contributed by atoms with Crippen LogP contribution in [0.15, 0.2) is 24.1 Å². The summed E-state index contributed by atoms with van der Waals surface area (Å²) in [5, 5.41) is 4.67. The van der Waals surface area contributed by atoms with Crippen molar-refractivity contribution in [2.45, 2.75) is 32.8 Å². The highest BCUT2D eigenvalue weighted by Crippen LogP contribution is 2.23. The van der Waals surface area contributed by atoms with Crippen molar-refractivity contribution in [1.82, 2.24) is 0 Å². The van der Waals surface area contributed by atoms with Gasteiger partial charge in [-0.05, 0) is 32.2 Å². The molecule has 0 unspecified atom stereocenters. The molecule has 1 heterocycles. The maximum atomic E-state index is 11.5. The summed E-state index contributed by atoms with van der Waals surface area (Å²) < 4.78 is 5.17. The van der Waals surface area contributed by atoms with Gasteiger partial charge in [0.05, 0.1) is 5.69 Å². The molecular weight excluding hydrogens is 222 g/mol. The Balaban J connectivity index is 2.62. The van der Waals surface area contributed by atoms with Crippen LogP contribution in [0.3, 0.4) is 0 Å². The number of ether oxygens (including phenoxy) is 1. The fourth-order valence-corrected chi connectivity index (χ4v) is 1.98. The number of anilines is 1. The van der Waals surface area contributed by atoms with Crippen LogP contribution in [0, 0.1) is 0 Å². The quantitative estimate of drug-likeness (QED) is 0.814. The van der Waals surface area contributed by atoms with Crippen LogP contribution in [-0.4, -0.2) is 11.7 Å². The van der Waals surface area contributed by atoms with E-state index >= 15 is 0 Å². The number of rotatable bonds is 3. The average molecular weight is 239 g/mol. The highest BCUT2D eigenvalue weighted by molar-refractivity contribution is 7.10. The maximum absolute atomic E-state index is 11.5. The van der Waals surface area contributed by atoms with Crippen LogP contribution >= 0.6 is 11.3 Å². The Morgan fingerprint density at radius 2 is 2.31 bits per heavy atom. The fraction of sp³-hybridized carbons (Fsp3) is 0.417. The number of hydrogen-bond donors (Lipinski definition) is 1. The molecule has 0 saturated carbocycles. The van der Waals surface area contributed by atoms with Crippen LogP contribution in [0.1, 0.15) is 25.6 Å². The first-order valence-corrected chi connectivity index (χ1v) is 5.97. The van der Waals surface area contributed by atoms with Gasteiger partial charge in [0.15, 0.2) is 0 Å². The first-order valence-electron chi connectivity index (χ1n) is 5.09. The largest absolute Gasteiger partial charge is 0.444 e. The van der Waals surface area contributed by atoms with Crippen molar-refractivity contribution in [1.29, 1.82) is 0 Å². The van der Waals surface area contributed by atoms with E-state index in [1.165, 1.54) is 0 Å². The first kappa shape index (κ1) is 12.8. The number of thiophene rings is 1. The van der Waals surface area contributed by atoms with E-state index in [-0.39, 0.29) is 0 Å². The summed E-state index contributed by atoms with van der Waals surface area (Å²) in [7, 11) is 0. The zero-order valence-electron chi connectivity index (χ0n) is 9.87. The molecule has 88 valence electrons. The number of amides is 1. The van der Waals surface area contributed by atoms with E-state index in [4.69, 9.17) is 4.74 Å². The van der Waals surface area contributed by atoms with Crippen LogP contribution in [0.25, 0.3) is 0 Å². The molecule has 0 aromatic carbocycles. The van der Waals surface area contributed by atoms with Gasteiger partial charge in [0.2, 0.25) is 0 Å². The Hall–Kier alpha value is -1.29. The normalized spacial score (nSPS) is 10.9. The van der Waals surface area contributed by atoms with Crippen molar-refractivity contribution in [3.05, 3.63) is 29.0 Å². The molecule has 4 heteroatoms. The minimum absolute atomic E-state index is 0.420. The third-order valence-corrected chi connectivity index (χ3v) is 2.65. The Morgan fingerprint density at radius 1 is 1.62 bits per heavy atom. The summed E-state index contributed by atoms with van der Waals surface area (Å²) in [6.45, 7) is 9.19. The van der Waals surface area contributed by atoms with Gasteiger partial charge in [-0.15, -0.1) is 17.9 Å². The molecule has 0 atom stereocenters. The predicted molar refractivity (Wildman–Crippen MR) is 68.1 cm³/mol. The van der Waals surface area contributed by atoms with Gasteiger partial charge >= 0.3 is 6.09 Å². The molecule has 0 aliphatic carbocycles. The van der Waals surface area contributed by atoms with E-state index in [2.05, 4.69) is 11.9 Å². The van der Waals surface area contributed by atoms with Gasteiger partial charge < -0.3 is 4.74 Å². The molecule has 16 heavy (non-hydrogen) atoms. The van der Waals surface area contributed by atoms with Gasteiger partial charge in [-0.2, -0.15) is 0 Å². The molecule has 1 aromatic rings. The van der Waals surface area contributed by atoms with Crippen molar-refractivity contribution in [2.24, 2.45) is 0 Å². The third kappa shape index (κ3) is 4.06. The molecule has 0 bridgehead atoms. The second kappa shape index (κ2) is 5.16. The third-order valence-electron chi connectivity index (χ3n) is 1.71. The van der Waals surface area contributed by atoms with Crippen molar-refractivity contribution in [2.75, 3.05) is 5.32 Å². The summed E-state index contributed by atoms with van der Waals surface area (Å²) >= 11 is 1.59. The minimum atomic E-state index is -0.474. The Kier molecular flexibility index (Phi) is 4.12. The number of carbonyl (C=O) groups excluding carboxylic acids is 1. The Morgan fingerprint density at radius 3 is 2.88 bits per heavy atom. The summed E-state index contributed by atoms with van der Waals surface area (Å²) in [4.78, 5) is 12.6.